The van der Waals surface area contributed by atoms with Gasteiger partial charge in [-0.3, -0.25) is 4.79 Å². The fourth-order valence-electron chi connectivity index (χ4n) is 3.21. The molecule has 1 aliphatic rings. The molecule has 0 aliphatic heterocycles. The Kier molecular flexibility index (Phi) is 5.43. The molecule has 0 heterocycles. The number of carbonyl (C=O) groups is 1. The Hall–Kier alpha value is -2.27. The molecule has 3 rings (SSSR count). The smallest absolute Gasteiger partial charge is 0.224 e. The van der Waals surface area contributed by atoms with E-state index in [1.807, 2.05) is 30.3 Å². The van der Waals surface area contributed by atoms with Gasteiger partial charge in [-0.15, -0.1) is 0 Å². The molecule has 0 aromatic heterocycles. The van der Waals surface area contributed by atoms with E-state index in [1.165, 1.54) is 6.07 Å². The topological polar surface area (TPSA) is 49.3 Å². The summed E-state index contributed by atoms with van der Waals surface area (Å²) in [5.41, 5.74) is 1.24. The molecular weight excluding hydrogens is 324 g/mol. The normalized spacial score (nSPS) is 20.1. The van der Waals surface area contributed by atoms with Crippen LogP contribution in [0.3, 0.4) is 0 Å². The SMILES string of the molecule is O=C(NC(CCCO)c1ccccc1)C1CC1c1cc(F)ccc1F. The van der Waals surface area contributed by atoms with Gasteiger partial charge in [-0.25, -0.2) is 8.78 Å². The van der Waals surface area contributed by atoms with E-state index in [0.29, 0.717) is 19.3 Å². The molecule has 5 heteroatoms. The number of hydrogen-bond acceptors (Lipinski definition) is 2. The van der Waals surface area contributed by atoms with E-state index in [1.54, 1.807) is 0 Å². The monoisotopic (exact) mass is 345 g/mol. The highest BCUT2D eigenvalue weighted by Gasteiger charge is 2.45. The maximum atomic E-state index is 13.9. The summed E-state index contributed by atoms with van der Waals surface area (Å²) in [5.74, 6) is -1.73. The number of hydrogen-bond donors (Lipinski definition) is 2. The molecular formula is C20H21F2NO2. The van der Waals surface area contributed by atoms with Crippen LogP contribution in [0.4, 0.5) is 8.78 Å². The molecule has 132 valence electrons. The van der Waals surface area contributed by atoms with E-state index in [4.69, 9.17) is 5.11 Å². The van der Waals surface area contributed by atoms with Gasteiger partial charge in [0.05, 0.1) is 6.04 Å². The Morgan fingerprint density at radius 2 is 1.96 bits per heavy atom. The van der Waals surface area contributed by atoms with Crippen molar-refractivity contribution >= 4 is 5.91 Å². The third-order valence-corrected chi connectivity index (χ3v) is 4.65. The van der Waals surface area contributed by atoms with Crippen LogP contribution in [0, 0.1) is 17.6 Å². The zero-order chi connectivity index (χ0) is 17.8. The highest BCUT2D eigenvalue weighted by atomic mass is 19.1. The Labute approximate surface area is 145 Å². The molecule has 1 aliphatic carbocycles. The summed E-state index contributed by atoms with van der Waals surface area (Å²) in [6.45, 7) is 0.0553. The first-order valence-electron chi connectivity index (χ1n) is 8.51. The standard InChI is InChI=1S/C20H21F2NO2/c21-14-8-9-18(22)16(11-14)15-12-17(15)20(25)23-19(7-4-10-24)13-5-2-1-3-6-13/h1-3,5-6,8-9,11,15,17,19,24H,4,7,10,12H2,(H,23,25). The van der Waals surface area contributed by atoms with Gasteiger partial charge >= 0.3 is 0 Å². The second kappa shape index (κ2) is 7.74. The Bertz CT molecular complexity index is 736. The van der Waals surface area contributed by atoms with Gasteiger partial charge in [-0.2, -0.15) is 0 Å². The van der Waals surface area contributed by atoms with Crippen LogP contribution in [0.5, 0.6) is 0 Å². The minimum absolute atomic E-state index is 0.0553. The van der Waals surface area contributed by atoms with Crippen molar-refractivity contribution in [3.05, 3.63) is 71.3 Å². The van der Waals surface area contributed by atoms with Crippen molar-refractivity contribution in [1.29, 1.82) is 0 Å². The molecule has 2 N–H and O–H groups in total. The second-order valence-corrected chi connectivity index (χ2v) is 6.45. The summed E-state index contributed by atoms with van der Waals surface area (Å²) < 4.78 is 27.2. The van der Waals surface area contributed by atoms with Gasteiger partial charge in [0.2, 0.25) is 5.91 Å². The lowest BCUT2D eigenvalue weighted by atomic mass is 10.0. The quantitative estimate of drug-likeness (QED) is 0.804. The molecule has 0 spiro atoms. The van der Waals surface area contributed by atoms with E-state index in [-0.39, 0.29) is 36.0 Å². The molecule has 2 aromatic rings. The van der Waals surface area contributed by atoms with Crippen LogP contribution in [0.1, 0.15) is 42.3 Å². The Balaban J connectivity index is 1.67. The van der Waals surface area contributed by atoms with Crippen LogP contribution in [0.25, 0.3) is 0 Å². The van der Waals surface area contributed by atoms with Crippen molar-refractivity contribution in [3.63, 3.8) is 0 Å². The van der Waals surface area contributed by atoms with E-state index in [2.05, 4.69) is 5.32 Å². The number of halogens is 2. The lowest BCUT2D eigenvalue weighted by Gasteiger charge is -2.19. The van der Waals surface area contributed by atoms with Crippen molar-refractivity contribution in [2.45, 2.75) is 31.2 Å². The summed E-state index contributed by atoms with van der Waals surface area (Å²) in [7, 11) is 0. The van der Waals surface area contributed by atoms with Crippen LogP contribution >= 0.6 is 0 Å². The van der Waals surface area contributed by atoms with Crippen molar-refractivity contribution in [2.24, 2.45) is 5.92 Å². The summed E-state index contributed by atoms with van der Waals surface area (Å²) >= 11 is 0. The Morgan fingerprint density at radius 1 is 1.20 bits per heavy atom. The van der Waals surface area contributed by atoms with E-state index in [0.717, 1.165) is 17.7 Å². The molecule has 3 unspecified atom stereocenters. The first-order valence-corrected chi connectivity index (χ1v) is 8.51. The maximum absolute atomic E-state index is 13.9. The van der Waals surface area contributed by atoms with Gasteiger partial charge in [-0.05, 0) is 54.5 Å². The number of benzene rings is 2. The van der Waals surface area contributed by atoms with Crippen LogP contribution < -0.4 is 5.32 Å². The lowest BCUT2D eigenvalue weighted by Crippen LogP contribution is -2.30. The van der Waals surface area contributed by atoms with E-state index < -0.39 is 11.6 Å². The van der Waals surface area contributed by atoms with Gasteiger partial charge in [0, 0.05) is 12.5 Å². The zero-order valence-electron chi connectivity index (χ0n) is 13.8. The minimum Gasteiger partial charge on any atom is -0.396 e. The fraction of sp³-hybridized carbons (Fsp3) is 0.350. The summed E-state index contributed by atoms with van der Waals surface area (Å²) in [6, 6.07) is 12.7. The van der Waals surface area contributed by atoms with Gasteiger partial charge in [0.25, 0.3) is 0 Å². The Morgan fingerprint density at radius 3 is 2.68 bits per heavy atom. The van der Waals surface area contributed by atoms with Crippen molar-refractivity contribution < 1.29 is 18.7 Å². The molecule has 2 aromatic carbocycles. The molecule has 3 nitrogen and oxygen atoms in total. The predicted molar refractivity (Wildman–Crippen MR) is 90.9 cm³/mol. The molecule has 0 saturated heterocycles. The summed E-state index contributed by atoms with van der Waals surface area (Å²) in [5, 5.41) is 12.1. The molecule has 1 fully saturated rings. The van der Waals surface area contributed by atoms with Crippen molar-refractivity contribution in [3.8, 4) is 0 Å². The molecule has 25 heavy (non-hydrogen) atoms. The van der Waals surface area contributed by atoms with Crippen LogP contribution in [-0.2, 0) is 4.79 Å². The number of rotatable bonds is 7. The molecule has 0 bridgehead atoms. The first kappa shape index (κ1) is 17.5. The van der Waals surface area contributed by atoms with Crippen LogP contribution in [0.15, 0.2) is 48.5 Å². The zero-order valence-corrected chi connectivity index (χ0v) is 13.8. The van der Waals surface area contributed by atoms with E-state index >= 15 is 0 Å². The largest absolute Gasteiger partial charge is 0.396 e. The summed E-state index contributed by atoms with van der Waals surface area (Å²) in [6.07, 6.45) is 1.72. The third-order valence-electron chi connectivity index (χ3n) is 4.65. The van der Waals surface area contributed by atoms with Gasteiger partial charge in [-0.1, -0.05) is 30.3 Å². The molecule has 0 radical (unpaired) electrons. The third kappa shape index (κ3) is 4.23. The minimum atomic E-state index is -0.493. The number of nitrogens with one attached hydrogen (secondary N) is 1. The lowest BCUT2D eigenvalue weighted by molar-refractivity contribution is -0.123. The first-order chi connectivity index (χ1) is 12.1. The predicted octanol–water partition coefficient (Wildman–Crippen LogP) is 3.70. The van der Waals surface area contributed by atoms with Crippen molar-refractivity contribution in [1.82, 2.24) is 5.32 Å². The maximum Gasteiger partial charge on any atom is 0.224 e. The number of aliphatic hydroxyl groups is 1. The molecule has 3 atom stereocenters. The van der Waals surface area contributed by atoms with Crippen molar-refractivity contribution in [2.75, 3.05) is 6.61 Å². The molecule has 1 amide bonds. The highest BCUT2D eigenvalue weighted by Crippen LogP contribution is 2.48. The average molecular weight is 345 g/mol. The van der Waals surface area contributed by atoms with Crippen LogP contribution in [0.2, 0.25) is 0 Å². The van der Waals surface area contributed by atoms with E-state index in [9.17, 15) is 13.6 Å². The fourth-order valence-corrected chi connectivity index (χ4v) is 3.21. The highest BCUT2D eigenvalue weighted by molar-refractivity contribution is 5.83. The second-order valence-electron chi connectivity index (χ2n) is 6.45. The average Bonchev–Trinajstić information content (AvgIpc) is 3.42. The molecule has 1 saturated carbocycles. The number of aliphatic hydroxyl groups excluding tert-OH is 1. The van der Waals surface area contributed by atoms with Gasteiger partial charge < -0.3 is 10.4 Å². The van der Waals surface area contributed by atoms with Gasteiger partial charge in [0.1, 0.15) is 11.6 Å². The van der Waals surface area contributed by atoms with Gasteiger partial charge in [0.15, 0.2) is 0 Å². The summed E-state index contributed by atoms with van der Waals surface area (Å²) in [4.78, 5) is 12.5. The number of carbonyl (C=O) groups excluding carboxylic acids is 1. The number of amides is 1. The van der Waals surface area contributed by atoms with Crippen LogP contribution in [-0.4, -0.2) is 17.6 Å².